The molecular formula is C27H28. The van der Waals surface area contributed by atoms with Crippen molar-refractivity contribution in [2.45, 2.75) is 47.0 Å². The van der Waals surface area contributed by atoms with Gasteiger partial charge in [0.25, 0.3) is 0 Å². The van der Waals surface area contributed by atoms with E-state index in [2.05, 4.69) is 102 Å². The first-order chi connectivity index (χ1) is 12.8. The first-order valence-corrected chi connectivity index (χ1v) is 9.81. The van der Waals surface area contributed by atoms with Crippen LogP contribution in [-0.4, -0.2) is 0 Å². The van der Waals surface area contributed by atoms with Gasteiger partial charge in [-0.3, -0.25) is 0 Å². The molecule has 0 radical (unpaired) electrons. The summed E-state index contributed by atoms with van der Waals surface area (Å²) in [5.41, 5.74) is 8.36. The molecule has 0 aliphatic rings. The molecule has 0 heterocycles. The van der Waals surface area contributed by atoms with Crippen LogP contribution in [0.25, 0.3) is 32.7 Å². The zero-order chi connectivity index (χ0) is 19.3. The molecule has 0 amide bonds. The largest absolute Gasteiger partial charge is 0.0616 e. The SMILES string of the molecule is Cc1cc(-c2cc(C)c(C(C)(C)C)c3ccccc23)c2ccccc2c1C. The fraction of sp³-hybridized carbons (Fsp3) is 0.259. The van der Waals surface area contributed by atoms with Crippen LogP contribution in [0.2, 0.25) is 0 Å². The maximum Gasteiger partial charge on any atom is -0.00962 e. The van der Waals surface area contributed by atoms with Crippen LogP contribution < -0.4 is 0 Å². The molecule has 0 unspecified atom stereocenters. The van der Waals surface area contributed by atoms with Crippen LogP contribution in [0, 0.1) is 20.8 Å². The molecule has 0 heteroatoms. The van der Waals surface area contributed by atoms with Gasteiger partial charge in [0.2, 0.25) is 0 Å². The van der Waals surface area contributed by atoms with E-state index in [1.807, 2.05) is 0 Å². The second-order valence-electron chi connectivity index (χ2n) is 8.82. The molecule has 0 atom stereocenters. The molecule has 0 saturated carbocycles. The Hall–Kier alpha value is -2.60. The molecule has 0 nitrogen and oxygen atoms in total. The predicted molar refractivity (Wildman–Crippen MR) is 120 cm³/mol. The Labute approximate surface area is 162 Å². The molecular weight excluding hydrogens is 324 g/mol. The van der Waals surface area contributed by atoms with E-state index in [1.165, 1.54) is 54.9 Å². The average molecular weight is 353 g/mol. The summed E-state index contributed by atoms with van der Waals surface area (Å²) in [6.45, 7) is 13.7. The minimum Gasteiger partial charge on any atom is -0.0616 e. The second kappa shape index (κ2) is 6.23. The Morgan fingerprint density at radius 1 is 0.556 bits per heavy atom. The van der Waals surface area contributed by atoms with Crippen LogP contribution in [0.4, 0.5) is 0 Å². The number of rotatable bonds is 1. The van der Waals surface area contributed by atoms with E-state index in [9.17, 15) is 0 Å². The summed E-state index contributed by atoms with van der Waals surface area (Å²) in [6, 6.07) is 22.5. The van der Waals surface area contributed by atoms with E-state index in [1.54, 1.807) is 0 Å². The zero-order valence-corrected chi connectivity index (χ0v) is 17.3. The Bertz CT molecular complexity index is 1170. The fourth-order valence-electron chi connectivity index (χ4n) is 4.62. The third kappa shape index (κ3) is 2.84. The van der Waals surface area contributed by atoms with E-state index in [0.717, 1.165) is 0 Å². The van der Waals surface area contributed by atoms with Crippen molar-refractivity contribution >= 4 is 21.5 Å². The Morgan fingerprint density at radius 3 is 1.56 bits per heavy atom. The van der Waals surface area contributed by atoms with Crippen molar-refractivity contribution in [1.82, 2.24) is 0 Å². The summed E-state index contributed by atoms with van der Waals surface area (Å²) in [5.74, 6) is 0. The monoisotopic (exact) mass is 352 g/mol. The highest BCUT2D eigenvalue weighted by Gasteiger charge is 2.22. The lowest BCUT2D eigenvalue weighted by Crippen LogP contribution is -2.14. The maximum absolute atomic E-state index is 2.40. The van der Waals surface area contributed by atoms with Gasteiger partial charge in [0, 0.05) is 0 Å². The van der Waals surface area contributed by atoms with E-state index in [-0.39, 0.29) is 5.41 Å². The topological polar surface area (TPSA) is 0 Å². The van der Waals surface area contributed by atoms with E-state index in [4.69, 9.17) is 0 Å². The van der Waals surface area contributed by atoms with Crippen LogP contribution in [-0.2, 0) is 5.41 Å². The molecule has 0 aliphatic heterocycles. The average Bonchev–Trinajstić information content (AvgIpc) is 2.63. The molecule has 4 rings (SSSR count). The van der Waals surface area contributed by atoms with E-state index in [0.29, 0.717) is 0 Å². The van der Waals surface area contributed by atoms with E-state index < -0.39 is 0 Å². The highest BCUT2D eigenvalue weighted by Crippen LogP contribution is 2.41. The Morgan fingerprint density at radius 2 is 1.00 bits per heavy atom. The van der Waals surface area contributed by atoms with Gasteiger partial charge in [-0.05, 0) is 81.1 Å². The quantitative estimate of drug-likeness (QED) is 0.327. The van der Waals surface area contributed by atoms with Crippen molar-refractivity contribution < 1.29 is 0 Å². The van der Waals surface area contributed by atoms with E-state index >= 15 is 0 Å². The minimum atomic E-state index is 0.119. The lowest BCUT2D eigenvalue weighted by atomic mass is 9.78. The second-order valence-corrected chi connectivity index (χ2v) is 8.82. The van der Waals surface area contributed by atoms with Crippen LogP contribution in [0.1, 0.15) is 43.0 Å². The number of hydrogen-bond donors (Lipinski definition) is 0. The highest BCUT2D eigenvalue weighted by atomic mass is 14.3. The first kappa shape index (κ1) is 17.8. The number of fused-ring (bicyclic) bond motifs is 2. The summed E-state index contributed by atoms with van der Waals surface area (Å²) < 4.78 is 0. The van der Waals surface area contributed by atoms with Crippen molar-refractivity contribution in [3.8, 4) is 11.1 Å². The normalized spacial score (nSPS) is 12.1. The molecule has 0 spiro atoms. The van der Waals surface area contributed by atoms with Gasteiger partial charge in [-0.15, -0.1) is 0 Å². The smallest absolute Gasteiger partial charge is 0.00962 e. The van der Waals surface area contributed by atoms with Gasteiger partial charge < -0.3 is 0 Å². The minimum absolute atomic E-state index is 0.119. The summed E-state index contributed by atoms with van der Waals surface area (Å²) in [6.07, 6.45) is 0. The van der Waals surface area contributed by atoms with Gasteiger partial charge in [0.1, 0.15) is 0 Å². The molecule has 0 aliphatic carbocycles. The number of aryl methyl sites for hydroxylation is 3. The fourth-order valence-corrected chi connectivity index (χ4v) is 4.62. The summed E-state index contributed by atoms with van der Waals surface area (Å²) in [7, 11) is 0. The standard InChI is InChI=1S/C27H28/c1-17-15-24(21-12-8-7-11-20(21)19(17)3)25-16-18(2)26(27(4,5)6)23-14-10-9-13-22(23)25/h7-16H,1-6H3. The summed E-state index contributed by atoms with van der Waals surface area (Å²) >= 11 is 0. The molecule has 0 N–H and O–H groups in total. The van der Waals surface area contributed by atoms with Crippen molar-refractivity contribution in [3.05, 3.63) is 82.9 Å². The molecule has 4 aromatic carbocycles. The predicted octanol–water partition coefficient (Wildman–Crippen LogP) is 7.88. The van der Waals surface area contributed by atoms with Crippen LogP contribution in [0.3, 0.4) is 0 Å². The van der Waals surface area contributed by atoms with Crippen molar-refractivity contribution in [1.29, 1.82) is 0 Å². The Kier molecular flexibility index (Phi) is 4.11. The van der Waals surface area contributed by atoms with Crippen molar-refractivity contribution in [3.63, 3.8) is 0 Å². The summed E-state index contributed by atoms with van der Waals surface area (Å²) in [4.78, 5) is 0. The zero-order valence-electron chi connectivity index (χ0n) is 17.3. The van der Waals surface area contributed by atoms with Gasteiger partial charge in [-0.1, -0.05) is 81.4 Å². The molecule has 0 fully saturated rings. The summed E-state index contributed by atoms with van der Waals surface area (Å²) in [5, 5.41) is 5.42. The maximum atomic E-state index is 2.40. The molecule has 27 heavy (non-hydrogen) atoms. The highest BCUT2D eigenvalue weighted by molar-refractivity contribution is 6.08. The van der Waals surface area contributed by atoms with Crippen LogP contribution in [0.15, 0.2) is 60.7 Å². The van der Waals surface area contributed by atoms with Crippen molar-refractivity contribution in [2.75, 3.05) is 0 Å². The lowest BCUT2D eigenvalue weighted by molar-refractivity contribution is 0.592. The third-order valence-corrected chi connectivity index (χ3v) is 5.86. The molecule has 0 aromatic heterocycles. The van der Waals surface area contributed by atoms with Crippen LogP contribution in [0.5, 0.6) is 0 Å². The number of benzene rings is 4. The molecule has 4 aromatic rings. The number of hydrogen-bond acceptors (Lipinski definition) is 0. The van der Waals surface area contributed by atoms with Crippen LogP contribution >= 0.6 is 0 Å². The van der Waals surface area contributed by atoms with Gasteiger partial charge >= 0.3 is 0 Å². The van der Waals surface area contributed by atoms with Gasteiger partial charge in [-0.2, -0.15) is 0 Å². The third-order valence-electron chi connectivity index (χ3n) is 5.86. The lowest BCUT2D eigenvalue weighted by Gasteiger charge is -2.26. The Balaban J connectivity index is 2.17. The molecule has 136 valence electrons. The van der Waals surface area contributed by atoms with Crippen molar-refractivity contribution in [2.24, 2.45) is 0 Å². The van der Waals surface area contributed by atoms with Gasteiger partial charge in [-0.25, -0.2) is 0 Å². The first-order valence-electron chi connectivity index (χ1n) is 9.81. The molecule has 0 saturated heterocycles. The molecule has 0 bridgehead atoms. The van der Waals surface area contributed by atoms with Gasteiger partial charge in [0.05, 0.1) is 0 Å². The van der Waals surface area contributed by atoms with Gasteiger partial charge in [0.15, 0.2) is 0 Å².